The third kappa shape index (κ3) is 5.75. The van der Waals surface area contributed by atoms with Crippen LogP contribution >= 0.6 is 0 Å². The molecule has 128 valence electrons. The Balaban J connectivity index is 2.95. The molecule has 0 N–H and O–H groups in total. The highest BCUT2D eigenvalue weighted by Crippen LogP contribution is 2.28. The molecule has 0 aliphatic carbocycles. The summed E-state index contributed by atoms with van der Waals surface area (Å²) in [7, 11) is 1.79. The van der Waals surface area contributed by atoms with Crippen LogP contribution in [0.15, 0.2) is 17.6 Å². The second-order valence-electron chi connectivity index (χ2n) is 7.92. The van der Waals surface area contributed by atoms with Gasteiger partial charge in [-0.2, -0.15) is 0 Å². The predicted molar refractivity (Wildman–Crippen MR) is 96.6 cm³/mol. The highest BCUT2D eigenvalue weighted by molar-refractivity contribution is 5.88. The molecule has 0 amide bonds. The van der Waals surface area contributed by atoms with Crippen LogP contribution in [0.3, 0.4) is 0 Å². The Bertz CT molecular complexity index is 368. The number of methoxy groups -OCH3 is 1. The molecular formula is C19H36N2O. The molecule has 0 spiro atoms. The van der Waals surface area contributed by atoms with E-state index in [1.807, 2.05) is 6.08 Å². The van der Waals surface area contributed by atoms with Crippen molar-refractivity contribution in [2.24, 2.45) is 16.3 Å². The van der Waals surface area contributed by atoms with Crippen molar-refractivity contribution in [1.82, 2.24) is 4.90 Å². The maximum atomic E-state index is 5.41. The summed E-state index contributed by atoms with van der Waals surface area (Å²) in [5.74, 6) is 1.93. The molecule has 0 saturated carbocycles. The van der Waals surface area contributed by atoms with Gasteiger partial charge in [-0.15, -0.1) is 6.58 Å². The molecule has 0 radical (unpaired) electrons. The Hall–Kier alpha value is -0.830. The summed E-state index contributed by atoms with van der Waals surface area (Å²) in [6, 6.07) is 0.693. The van der Waals surface area contributed by atoms with Gasteiger partial charge in [0.2, 0.25) is 0 Å². The van der Waals surface area contributed by atoms with Crippen LogP contribution < -0.4 is 0 Å². The number of amidine groups is 1. The van der Waals surface area contributed by atoms with Gasteiger partial charge in [0.05, 0.1) is 18.7 Å². The molecule has 1 aliphatic heterocycles. The lowest BCUT2D eigenvalue weighted by atomic mass is 9.92. The summed E-state index contributed by atoms with van der Waals surface area (Å²) >= 11 is 0. The number of ether oxygens (including phenoxy) is 1. The average Bonchev–Trinajstić information content (AvgIpc) is 2.85. The summed E-state index contributed by atoms with van der Waals surface area (Å²) in [4.78, 5) is 7.60. The van der Waals surface area contributed by atoms with Gasteiger partial charge in [-0.05, 0) is 31.6 Å². The zero-order valence-corrected chi connectivity index (χ0v) is 15.6. The van der Waals surface area contributed by atoms with E-state index in [1.165, 1.54) is 25.1 Å². The number of aliphatic imine (C=N–C) groups is 1. The van der Waals surface area contributed by atoms with E-state index in [1.54, 1.807) is 7.11 Å². The first-order valence-corrected chi connectivity index (χ1v) is 8.76. The highest BCUT2D eigenvalue weighted by Gasteiger charge is 2.33. The van der Waals surface area contributed by atoms with Gasteiger partial charge in [-0.1, -0.05) is 40.7 Å². The van der Waals surface area contributed by atoms with Crippen LogP contribution in [-0.4, -0.2) is 43.1 Å². The van der Waals surface area contributed by atoms with Crippen LogP contribution in [0.5, 0.6) is 0 Å². The molecule has 2 atom stereocenters. The summed E-state index contributed by atoms with van der Waals surface area (Å²) in [6.07, 6.45) is 6.72. The van der Waals surface area contributed by atoms with Gasteiger partial charge in [0.1, 0.15) is 5.84 Å². The first-order chi connectivity index (χ1) is 10.3. The van der Waals surface area contributed by atoms with Gasteiger partial charge in [-0.3, -0.25) is 4.99 Å². The minimum atomic E-state index is 0.0510. The molecule has 22 heavy (non-hydrogen) atoms. The fourth-order valence-corrected chi connectivity index (χ4v) is 3.08. The molecule has 3 heteroatoms. The molecular weight excluding hydrogens is 272 g/mol. The van der Waals surface area contributed by atoms with Crippen LogP contribution in [0.4, 0.5) is 0 Å². The highest BCUT2D eigenvalue weighted by atomic mass is 16.5. The van der Waals surface area contributed by atoms with Crippen molar-refractivity contribution in [2.75, 3.05) is 20.3 Å². The fourth-order valence-electron chi connectivity index (χ4n) is 3.08. The van der Waals surface area contributed by atoms with Gasteiger partial charge in [0.25, 0.3) is 0 Å². The monoisotopic (exact) mass is 308 g/mol. The second kappa shape index (κ2) is 8.71. The SMILES string of the molecule is C=CC(CCC(C)C)N=C(N1CCC[C@H]1COC)C(C)(C)C. The number of hydrogen-bond acceptors (Lipinski definition) is 2. The van der Waals surface area contributed by atoms with Gasteiger partial charge >= 0.3 is 0 Å². The van der Waals surface area contributed by atoms with Crippen molar-refractivity contribution < 1.29 is 4.74 Å². The zero-order chi connectivity index (χ0) is 16.8. The van der Waals surface area contributed by atoms with E-state index in [0.29, 0.717) is 12.0 Å². The Kier molecular flexibility index (Phi) is 7.61. The fraction of sp³-hybridized carbons (Fsp3) is 0.842. The number of nitrogens with zero attached hydrogens (tertiary/aromatic N) is 2. The molecule has 1 fully saturated rings. The lowest BCUT2D eigenvalue weighted by Crippen LogP contribution is -2.45. The smallest absolute Gasteiger partial charge is 0.105 e. The van der Waals surface area contributed by atoms with Gasteiger partial charge in [0.15, 0.2) is 0 Å². The van der Waals surface area contributed by atoms with Gasteiger partial charge in [-0.25, -0.2) is 0 Å². The van der Waals surface area contributed by atoms with Crippen molar-refractivity contribution in [1.29, 1.82) is 0 Å². The molecule has 1 rings (SSSR count). The molecule has 1 saturated heterocycles. The van der Waals surface area contributed by atoms with Gasteiger partial charge in [0, 0.05) is 19.1 Å². The topological polar surface area (TPSA) is 24.8 Å². The van der Waals surface area contributed by atoms with Crippen LogP contribution in [0, 0.1) is 11.3 Å². The largest absolute Gasteiger partial charge is 0.383 e. The molecule has 1 aliphatic rings. The number of hydrogen-bond donors (Lipinski definition) is 0. The number of likely N-dealkylation sites (tertiary alicyclic amines) is 1. The van der Waals surface area contributed by atoms with E-state index in [4.69, 9.17) is 9.73 Å². The van der Waals surface area contributed by atoms with Crippen LogP contribution in [-0.2, 0) is 4.74 Å². The number of rotatable bonds is 7. The van der Waals surface area contributed by atoms with Gasteiger partial charge < -0.3 is 9.64 Å². The van der Waals surface area contributed by atoms with E-state index in [0.717, 1.165) is 19.6 Å². The lowest BCUT2D eigenvalue weighted by molar-refractivity contribution is 0.141. The lowest BCUT2D eigenvalue weighted by Gasteiger charge is -2.35. The van der Waals surface area contributed by atoms with Crippen LogP contribution in [0.25, 0.3) is 0 Å². The first-order valence-electron chi connectivity index (χ1n) is 8.76. The molecule has 3 nitrogen and oxygen atoms in total. The average molecular weight is 309 g/mol. The molecule has 0 aromatic heterocycles. The molecule has 1 unspecified atom stereocenters. The van der Waals surface area contributed by atoms with E-state index >= 15 is 0 Å². The van der Waals surface area contributed by atoms with Crippen molar-refractivity contribution in [3.8, 4) is 0 Å². The molecule has 1 heterocycles. The Morgan fingerprint density at radius 1 is 1.36 bits per heavy atom. The minimum Gasteiger partial charge on any atom is -0.383 e. The van der Waals surface area contributed by atoms with Crippen molar-refractivity contribution >= 4 is 5.84 Å². The molecule has 0 aromatic rings. The van der Waals surface area contributed by atoms with Crippen molar-refractivity contribution in [3.05, 3.63) is 12.7 Å². The maximum Gasteiger partial charge on any atom is 0.105 e. The molecule has 0 aromatic carbocycles. The van der Waals surface area contributed by atoms with E-state index in [9.17, 15) is 0 Å². The van der Waals surface area contributed by atoms with E-state index in [2.05, 4.69) is 46.1 Å². The quantitative estimate of drug-likeness (QED) is 0.392. The van der Waals surface area contributed by atoms with Crippen molar-refractivity contribution in [3.63, 3.8) is 0 Å². The van der Waals surface area contributed by atoms with E-state index in [-0.39, 0.29) is 11.5 Å². The zero-order valence-electron chi connectivity index (χ0n) is 15.6. The normalized spacial score (nSPS) is 21.5. The molecule has 0 bridgehead atoms. The summed E-state index contributed by atoms with van der Waals surface area (Å²) < 4.78 is 5.41. The summed E-state index contributed by atoms with van der Waals surface area (Å²) in [6.45, 7) is 17.2. The first kappa shape index (κ1) is 19.2. The van der Waals surface area contributed by atoms with Crippen LogP contribution in [0.2, 0.25) is 0 Å². The third-order valence-corrected chi connectivity index (χ3v) is 4.28. The van der Waals surface area contributed by atoms with Crippen molar-refractivity contribution in [2.45, 2.75) is 72.4 Å². The minimum absolute atomic E-state index is 0.0510. The second-order valence-corrected chi connectivity index (χ2v) is 7.92. The Labute approximate surface area is 137 Å². The van der Waals surface area contributed by atoms with Crippen LogP contribution in [0.1, 0.15) is 60.3 Å². The standard InChI is InChI=1S/C19H36N2O/c1-8-16(12-11-15(2)3)20-18(19(4,5)6)21-13-9-10-17(21)14-22-7/h8,15-17H,1,9-14H2,2-7H3/t16?,17-/m0/s1. The predicted octanol–water partition coefficient (Wildman–Crippen LogP) is 4.53. The van der Waals surface area contributed by atoms with E-state index < -0.39 is 0 Å². The summed E-state index contributed by atoms with van der Waals surface area (Å²) in [5, 5.41) is 0. The summed E-state index contributed by atoms with van der Waals surface area (Å²) in [5.41, 5.74) is 0.0510. The Morgan fingerprint density at radius 2 is 2.05 bits per heavy atom. The Morgan fingerprint density at radius 3 is 2.55 bits per heavy atom. The third-order valence-electron chi connectivity index (χ3n) is 4.28. The maximum absolute atomic E-state index is 5.41.